The van der Waals surface area contributed by atoms with E-state index in [0.717, 1.165) is 0 Å². The van der Waals surface area contributed by atoms with Gasteiger partial charge in [-0.3, -0.25) is 0 Å². The summed E-state index contributed by atoms with van der Waals surface area (Å²) in [5.41, 5.74) is 6.10. The average molecular weight is 183 g/mol. The summed E-state index contributed by atoms with van der Waals surface area (Å²) < 4.78 is 5.05. The summed E-state index contributed by atoms with van der Waals surface area (Å²) in [5, 5.41) is 17.7. The normalized spacial score (nSPS) is 12.5. The molecule has 1 aromatic carbocycles. The summed E-state index contributed by atoms with van der Waals surface area (Å²) in [5.74, 6) is 0.537. The van der Waals surface area contributed by atoms with Crippen LogP contribution in [0.5, 0.6) is 5.75 Å². The van der Waals surface area contributed by atoms with Crippen molar-refractivity contribution in [1.29, 1.82) is 0 Å². The first-order valence-corrected chi connectivity index (χ1v) is 4.03. The molecule has 13 heavy (non-hydrogen) atoms. The molecular weight excluding hydrogens is 170 g/mol. The van der Waals surface area contributed by atoms with Crippen molar-refractivity contribution in [3.05, 3.63) is 24.3 Å². The second kappa shape index (κ2) is 4.69. The first-order valence-electron chi connectivity index (χ1n) is 4.03. The van der Waals surface area contributed by atoms with Crippen LogP contribution in [0.3, 0.4) is 0 Å². The highest BCUT2D eigenvalue weighted by Crippen LogP contribution is 2.14. The first kappa shape index (κ1) is 9.83. The minimum absolute atomic E-state index is 0.101. The lowest BCUT2D eigenvalue weighted by atomic mass is 10.3. The van der Waals surface area contributed by atoms with E-state index >= 15 is 0 Å². The highest BCUT2D eigenvalue weighted by atomic mass is 16.6. The molecule has 4 heteroatoms. The molecule has 0 aromatic heterocycles. The van der Waals surface area contributed by atoms with Gasteiger partial charge in [-0.15, -0.1) is 0 Å². The number of aliphatic hydroxyl groups excluding tert-OH is 2. The van der Waals surface area contributed by atoms with Crippen molar-refractivity contribution >= 4 is 5.69 Å². The van der Waals surface area contributed by atoms with E-state index in [2.05, 4.69) is 0 Å². The van der Waals surface area contributed by atoms with Gasteiger partial charge in [-0.2, -0.15) is 0 Å². The lowest BCUT2D eigenvalue weighted by molar-refractivity contribution is -0.0326. The topological polar surface area (TPSA) is 75.7 Å². The maximum absolute atomic E-state index is 9.16. The van der Waals surface area contributed by atoms with Gasteiger partial charge in [0.25, 0.3) is 0 Å². The molecule has 72 valence electrons. The van der Waals surface area contributed by atoms with E-state index in [1.807, 2.05) is 0 Å². The fraction of sp³-hybridized carbons (Fsp3) is 0.333. The van der Waals surface area contributed by atoms with Crippen molar-refractivity contribution in [3.8, 4) is 5.75 Å². The molecule has 0 heterocycles. The third-order valence-electron chi connectivity index (χ3n) is 1.53. The maximum atomic E-state index is 9.16. The molecule has 1 unspecified atom stereocenters. The van der Waals surface area contributed by atoms with Gasteiger partial charge in [-0.1, -0.05) is 0 Å². The van der Waals surface area contributed by atoms with Gasteiger partial charge in [-0.05, 0) is 24.3 Å². The molecule has 0 aliphatic carbocycles. The van der Waals surface area contributed by atoms with Crippen molar-refractivity contribution in [3.63, 3.8) is 0 Å². The maximum Gasteiger partial charge on any atom is 0.199 e. The van der Waals surface area contributed by atoms with Gasteiger partial charge < -0.3 is 20.7 Å². The predicted octanol–water partition coefficient (Wildman–Crippen LogP) is 0.348. The summed E-state index contributed by atoms with van der Waals surface area (Å²) in [6.07, 6.45) is -0.765. The zero-order valence-corrected chi connectivity index (χ0v) is 7.18. The van der Waals surface area contributed by atoms with Gasteiger partial charge in [0.2, 0.25) is 0 Å². The van der Waals surface area contributed by atoms with Crippen LogP contribution in [-0.2, 0) is 0 Å². The van der Waals surface area contributed by atoms with Crippen LogP contribution in [0.4, 0.5) is 5.69 Å². The van der Waals surface area contributed by atoms with E-state index in [1.165, 1.54) is 0 Å². The summed E-state index contributed by atoms with van der Waals surface area (Å²) in [6, 6.07) is 6.69. The molecule has 0 saturated heterocycles. The number of aliphatic hydroxyl groups is 2. The highest BCUT2D eigenvalue weighted by Gasteiger charge is 2.03. The van der Waals surface area contributed by atoms with Gasteiger partial charge in [0.1, 0.15) is 5.75 Å². The third kappa shape index (κ3) is 3.31. The van der Waals surface area contributed by atoms with Crippen molar-refractivity contribution in [1.82, 2.24) is 0 Å². The number of ether oxygens (including phenoxy) is 1. The molecule has 1 rings (SSSR count). The van der Waals surface area contributed by atoms with Crippen molar-refractivity contribution in [2.45, 2.75) is 12.7 Å². The SMILES string of the molecule is Nc1ccc(OC(O)CCO)cc1. The van der Waals surface area contributed by atoms with Crippen molar-refractivity contribution in [2.24, 2.45) is 0 Å². The molecule has 1 atom stereocenters. The molecular formula is C9H13NO3. The fourth-order valence-corrected chi connectivity index (χ4v) is 0.873. The molecule has 0 bridgehead atoms. The highest BCUT2D eigenvalue weighted by molar-refractivity contribution is 5.41. The van der Waals surface area contributed by atoms with Crippen LogP contribution in [0.2, 0.25) is 0 Å². The van der Waals surface area contributed by atoms with E-state index < -0.39 is 6.29 Å². The Morgan fingerprint density at radius 1 is 1.31 bits per heavy atom. The summed E-state index contributed by atoms with van der Waals surface area (Å²) in [6.45, 7) is -0.101. The lowest BCUT2D eigenvalue weighted by Gasteiger charge is -2.11. The van der Waals surface area contributed by atoms with Gasteiger partial charge >= 0.3 is 0 Å². The van der Waals surface area contributed by atoms with Crippen LogP contribution >= 0.6 is 0 Å². The fourth-order valence-electron chi connectivity index (χ4n) is 0.873. The minimum Gasteiger partial charge on any atom is -0.465 e. The van der Waals surface area contributed by atoms with E-state index in [9.17, 15) is 0 Å². The molecule has 0 fully saturated rings. The Bertz CT molecular complexity index is 248. The number of benzene rings is 1. The Balaban J connectivity index is 2.49. The Morgan fingerprint density at radius 3 is 2.46 bits per heavy atom. The Morgan fingerprint density at radius 2 is 1.92 bits per heavy atom. The lowest BCUT2D eigenvalue weighted by Crippen LogP contribution is -2.16. The second-order valence-corrected chi connectivity index (χ2v) is 2.65. The third-order valence-corrected chi connectivity index (χ3v) is 1.53. The summed E-state index contributed by atoms with van der Waals surface area (Å²) in [7, 11) is 0. The van der Waals surface area contributed by atoms with Crippen molar-refractivity contribution < 1.29 is 14.9 Å². The average Bonchev–Trinajstić information content (AvgIpc) is 2.09. The smallest absolute Gasteiger partial charge is 0.199 e. The molecule has 0 aliphatic rings. The molecule has 0 amide bonds. The Labute approximate surface area is 76.6 Å². The molecule has 1 aromatic rings. The van der Waals surface area contributed by atoms with Crippen molar-refractivity contribution in [2.75, 3.05) is 12.3 Å². The van der Waals surface area contributed by atoms with Gasteiger partial charge in [-0.25, -0.2) is 0 Å². The number of rotatable bonds is 4. The number of hydrogen-bond donors (Lipinski definition) is 3. The van der Waals surface area contributed by atoms with E-state index in [-0.39, 0.29) is 13.0 Å². The number of nitrogens with two attached hydrogens (primary N) is 1. The Kier molecular flexibility index (Phi) is 3.54. The van der Waals surface area contributed by atoms with E-state index in [1.54, 1.807) is 24.3 Å². The summed E-state index contributed by atoms with van der Waals surface area (Å²) >= 11 is 0. The van der Waals surface area contributed by atoms with Crippen LogP contribution in [-0.4, -0.2) is 23.1 Å². The number of nitrogen functional groups attached to an aromatic ring is 1. The number of anilines is 1. The Hall–Kier alpha value is -1.26. The standard InChI is InChI=1S/C9H13NO3/c10-7-1-3-8(4-2-7)13-9(12)5-6-11/h1-4,9,11-12H,5-6,10H2. The second-order valence-electron chi connectivity index (χ2n) is 2.65. The molecule has 0 radical (unpaired) electrons. The molecule has 4 N–H and O–H groups in total. The van der Waals surface area contributed by atoms with Crippen LogP contribution in [0.15, 0.2) is 24.3 Å². The zero-order chi connectivity index (χ0) is 9.68. The first-order chi connectivity index (χ1) is 6.22. The minimum atomic E-state index is -0.964. The summed E-state index contributed by atoms with van der Waals surface area (Å²) in [4.78, 5) is 0. The molecule has 0 spiro atoms. The largest absolute Gasteiger partial charge is 0.465 e. The zero-order valence-electron chi connectivity index (χ0n) is 7.18. The van der Waals surface area contributed by atoms with Gasteiger partial charge in [0.05, 0.1) is 0 Å². The molecule has 4 nitrogen and oxygen atoms in total. The van der Waals surface area contributed by atoms with Crippen LogP contribution in [0, 0.1) is 0 Å². The quantitative estimate of drug-likeness (QED) is 0.465. The predicted molar refractivity (Wildman–Crippen MR) is 49.2 cm³/mol. The van der Waals surface area contributed by atoms with Crippen LogP contribution in [0.25, 0.3) is 0 Å². The monoisotopic (exact) mass is 183 g/mol. The van der Waals surface area contributed by atoms with Crippen LogP contribution < -0.4 is 10.5 Å². The van der Waals surface area contributed by atoms with E-state index in [4.69, 9.17) is 20.7 Å². The van der Waals surface area contributed by atoms with Gasteiger partial charge in [0, 0.05) is 18.7 Å². The molecule has 0 aliphatic heterocycles. The number of hydrogen-bond acceptors (Lipinski definition) is 4. The molecule has 0 saturated carbocycles. The van der Waals surface area contributed by atoms with Gasteiger partial charge in [0.15, 0.2) is 6.29 Å². The van der Waals surface area contributed by atoms with E-state index in [0.29, 0.717) is 11.4 Å². The van der Waals surface area contributed by atoms with Crippen LogP contribution in [0.1, 0.15) is 6.42 Å².